The van der Waals surface area contributed by atoms with Crippen molar-refractivity contribution in [3.8, 4) is 5.69 Å². The number of nitrogens with two attached hydrogens (primary N) is 1. The van der Waals surface area contributed by atoms with Crippen molar-refractivity contribution in [3.05, 3.63) is 35.8 Å². The Bertz CT molecular complexity index is 631. The van der Waals surface area contributed by atoms with E-state index in [1.807, 2.05) is 0 Å². The van der Waals surface area contributed by atoms with Gasteiger partial charge in [0.2, 0.25) is 0 Å². The van der Waals surface area contributed by atoms with E-state index in [0.717, 1.165) is 25.9 Å². The van der Waals surface area contributed by atoms with Crippen LogP contribution in [0.15, 0.2) is 24.3 Å². The fourth-order valence-corrected chi connectivity index (χ4v) is 2.28. The second-order valence-electron chi connectivity index (χ2n) is 4.71. The number of hydrogen-bond acceptors (Lipinski definition) is 4. The summed E-state index contributed by atoms with van der Waals surface area (Å²) in [7, 11) is 0. The minimum Gasteiger partial charge on any atom is -0.382 e. The van der Waals surface area contributed by atoms with Crippen molar-refractivity contribution in [1.82, 2.24) is 19.9 Å². The SMILES string of the molecule is Nc1c(C(=O)N2CCCC2)nnn1-c1ccc(F)cc1. The maximum absolute atomic E-state index is 12.9. The van der Waals surface area contributed by atoms with Crippen LogP contribution in [0.1, 0.15) is 23.3 Å². The van der Waals surface area contributed by atoms with E-state index in [-0.39, 0.29) is 23.2 Å². The van der Waals surface area contributed by atoms with Gasteiger partial charge in [-0.15, -0.1) is 5.10 Å². The highest BCUT2D eigenvalue weighted by atomic mass is 19.1. The van der Waals surface area contributed by atoms with Gasteiger partial charge in [0.05, 0.1) is 5.69 Å². The van der Waals surface area contributed by atoms with Gasteiger partial charge in [-0.2, -0.15) is 4.68 Å². The normalized spacial score (nSPS) is 14.8. The number of benzene rings is 1. The van der Waals surface area contributed by atoms with E-state index in [2.05, 4.69) is 10.3 Å². The van der Waals surface area contributed by atoms with Gasteiger partial charge in [0.1, 0.15) is 5.82 Å². The smallest absolute Gasteiger partial charge is 0.278 e. The number of amides is 1. The first-order valence-corrected chi connectivity index (χ1v) is 6.43. The van der Waals surface area contributed by atoms with Crippen LogP contribution in [0.5, 0.6) is 0 Å². The number of aromatic nitrogens is 3. The van der Waals surface area contributed by atoms with Crippen molar-refractivity contribution in [1.29, 1.82) is 0 Å². The van der Waals surface area contributed by atoms with Crippen LogP contribution < -0.4 is 5.73 Å². The second kappa shape index (κ2) is 4.92. The second-order valence-corrected chi connectivity index (χ2v) is 4.71. The lowest BCUT2D eigenvalue weighted by atomic mass is 10.3. The number of nitrogen functional groups attached to an aromatic ring is 1. The van der Waals surface area contributed by atoms with Gasteiger partial charge in [0.25, 0.3) is 5.91 Å². The molecule has 2 aromatic rings. The van der Waals surface area contributed by atoms with Crippen LogP contribution in [0, 0.1) is 5.82 Å². The number of carbonyl (C=O) groups excluding carboxylic acids is 1. The third-order valence-corrected chi connectivity index (χ3v) is 3.37. The van der Waals surface area contributed by atoms with Gasteiger partial charge >= 0.3 is 0 Å². The Morgan fingerprint density at radius 1 is 1.20 bits per heavy atom. The van der Waals surface area contributed by atoms with Crippen LogP contribution in [-0.4, -0.2) is 38.9 Å². The van der Waals surface area contributed by atoms with Gasteiger partial charge in [0, 0.05) is 13.1 Å². The van der Waals surface area contributed by atoms with E-state index in [9.17, 15) is 9.18 Å². The first kappa shape index (κ1) is 12.6. The summed E-state index contributed by atoms with van der Waals surface area (Å²) < 4.78 is 14.2. The van der Waals surface area contributed by atoms with Crippen LogP contribution in [0.4, 0.5) is 10.2 Å². The van der Waals surface area contributed by atoms with Crippen molar-refractivity contribution < 1.29 is 9.18 Å². The molecule has 0 radical (unpaired) electrons. The lowest BCUT2D eigenvalue weighted by molar-refractivity contribution is 0.0788. The van der Waals surface area contributed by atoms with E-state index in [4.69, 9.17) is 5.73 Å². The Morgan fingerprint density at radius 2 is 1.85 bits per heavy atom. The lowest BCUT2D eigenvalue weighted by Gasteiger charge is -2.13. The van der Waals surface area contributed by atoms with Crippen LogP contribution in [0.2, 0.25) is 0 Å². The van der Waals surface area contributed by atoms with Gasteiger partial charge < -0.3 is 10.6 Å². The van der Waals surface area contributed by atoms with Crippen molar-refractivity contribution in [3.63, 3.8) is 0 Å². The number of rotatable bonds is 2. The summed E-state index contributed by atoms with van der Waals surface area (Å²) in [6.45, 7) is 1.45. The topological polar surface area (TPSA) is 77.0 Å². The largest absolute Gasteiger partial charge is 0.382 e. The average Bonchev–Trinajstić information content (AvgIpc) is 3.09. The van der Waals surface area contributed by atoms with E-state index in [0.29, 0.717) is 5.69 Å². The Kier molecular flexibility index (Phi) is 3.09. The Morgan fingerprint density at radius 3 is 2.50 bits per heavy atom. The fourth-order valence-electron chi connectivity index (χ4n) is 2.28. The molecule has 0 spiro atoms. The van der Waals surface area contributed by atoms with Gasteiger partial charge in [-0.1, -0.05) is 5.21 Å². The molecule has 0 saturated carbocycles. The molecule has 7 heteroatoms. The fraction of sp³-hybridized carbons (Fsp3) is 0.308. The number of likely N-dealkylation sites (tertiary alicyclic amines) is 1. The highest BCUT2D eigenvalue weighted by Gasteiger charge is 2.25. The number of nitrogens with zero attached hydrogens (tertiary/aromatic N) is 4. The van der Waals surface area contributed by atoms with Gasteiger partial charge in [-0.3, -0.25) is 4.79 Å². The van der Waals surface area contributed by atoms with Gasteiger partial charge in [-0.05, 0) is 37.1 Å². The monoisotopic (exact) mass is 275 g/mol. The molecule has 2 N–H and O–H groups in total. The molecule has 20 heavy (non-hydrogen) atoms. The first-order valence-electron chi connectivity index (χ1n) is 6.43. The average molecular weight is 275 g/mol. The molecule has 0 atom stereocenters. The molecule has 3 rings (SSSR count). The van der Waals surface area contributed by atoms with Crippen LogP contribution >= 0.6 is 0 Å². The zero-order valence-electron chi connectivity index (χ0n) is 10.8. The predicted octanol–water partition coefficient (Wildman–Crippen LogP) is 1.22. The standard InChI is InChI=1S/C13H14FN5O/c14-9-3-5-10(6-4-9)19-12(15)11(16-17-19)13(20)18-7-1-2-8-18/h3-6H,1-2,7-8,15H2. The zero-order chi connectivity index (χ0) is 14.1. The Balaban J connectivity index is 1.92. The molecule has 1 aliphatic heterocycles. The highest BCUT2D eigenvalue weighted by Crippen LogP contribution is 2.19. The third-order valence-electron chi connectivity index (χ3n) is 3.37. The molecule has 0 aliphatic carbocycles. The van der Waals surface area contributed by atoms with Crippen LogP contribution in [0.25, 0.3) is 5.69 Å². The number of hydrogen-bond donors (Lipinski definition) is 1. The van der Waals surface area contributed by atoms with Gasteiger partial charge in [0.15, 0.2) is 11.5 Å². The van der Waals surface area contributed by atoms with Crippen molar-refractivity contribution in [2.75, 3.05) is 18.8 Å². The molecular formula is C13H14FN5O. The van der Waals surface area contributed by atoms with Crippen molar-refractivity contribution in [2.24, 2.45) is 0 Å². The van der Waals surface area contributed by atoms with Crippen molar-refractivity contribution >= 4 is 11.7 Å². The molecular weight excluding hydrogens is 261 g/mol. The van der Waals surface area contributed by atoms with Crippen molar-refractivity contribution in [2.45, 2.75) is 12.8 Å². The Labute approximate surface area is 115 Å². The predicted molar refractivity (Wildman–Crippen MR) is 70.9 cm³/mol. The molecule has 6 nitrogen and oxygen atoms in total. The summed E-state index contributed by atoms with van der Waals surface area (Å²) in [4.78, 5) is 14.0. The molecule has 1 amide bonds. The minimum atomic E-state index is -0.346. The third kappa shape index (κ3) is 2.11. The molecule has 1 saturated heterocycles. The van der Waals surface area contributed by atoms with E-state index < -0.39 is 0 Å². The lowest BCUT2D eigenvalue weighted by Crippen LogP contribution is -2.28. The minimum absolute atomic E-state index is 0.149. The maximum Gasteiger partial charge on any atom is 0.278 e. The van der Waals surface area contributed by atoms with Crippen LogP contribution in [-0.2, 0) is 0 Å². The van der Waals surface area contributed by atoms with Crippen LogP contribution in [0.3, 0.4) is 0 Å². The number of anilines is 1. The molecule has 1 fully saturated rings. The summed E-state index contributed by atoms with van der Waals surface area (Å²) >= 11 is 0. The molecule has 1 aliphatic rings. The number of halogens is 1. The Hall–Kier alpha value is -2.44. The molecule has 2 heterocycles. The summed E-state index contributed by atoms with van der Waals surface area (Å²) in [5, 5.41) is 7.74. The van der Waals surface area contributed by atoms with E-state index in [1.54, 1.807) is 4.90 Å². The molecule has 0 unspecified atom stereocenters. The number of carbonyl (C=O) groups is 1. The highest BCUT2D eigenvalue weighted by molar-refractivity contribution is 5.96. The molecule has 104 valence electrons. The zero-order valence-corrected chi connectivity index (χ0v) is 10.8. The van der Waals surface area contributed by atoms with E-state index in [1.165, 1.54) is 28.9 Å². The first-order chi connectivity index (χ1) is 9.66. The summed E-state index contributed by atoms with van der Waals surface area (Å²) in [6, 6.07) is 5.67. The molecule has 0 bridgehead atoms. The maximum atomic E-state index is 12.9. The quantitative estimate of drug-likeness (QED) is 0.894. The summed E-state index contributed by atoms with van der Waals surface area (Å²) in [5.41, 5.74) is 6.65. The summed E-state index contributed by atoms with van der Waals surface area (Å²) in [5.74, 6) is -0.373. The summed E-state index contributed by atoms with van der Waals surface area (Å²) in [6.07, 6.45) is 2.00. The molecule has 1 aromatic carbocycles. The van der Waals surface area contributed by atoms with Gasteiger partial charge in [-0.25, -0.2) is 4.39 Å². The van der Waals surface area contributed by atoms with E-state index >= 15 is 0 Å². The molecule has 1 aromatic heterocycles.